The molecule has 0 heterocycles. The van der Waals surface area contributed by atoms with E-state index in [2.05, 4.69) is 16.0 Å². The summed E-state index contributed by atoms with van der Waals surface area (Å²) in [6.45, 7) is 0.0458. The molecular formula is C22H33N5O7. The lowest BCUT2D eigenvalue weighted by Gasteiger charge is -2.24. The van der Waals surface area contributed by atoms with E-state index >= 15 is 0 Å². The SMILES string of the molecule is NCCCCC(NC(=O)CN)C(=O)NC(CCC(=O)O)C(=O)NC(Cc1ccccc1)C(=O)O. The molecule has 0 aliphatic heterocycles. The third-order valence-corrected chi connectivity index (χ3v) is 4.96. The Kier molecular flexibility index (Phi) is 12.9. The first-order chi connectivity index (χ1) is 16.2. The summed E-state index contributed by atoms with van der Waals surface area (Å²) >= 11 is 0. The first kappa shape index (κ1) is 28.5. The van der Waals surface area contributed by atoms with Gasteiger partial charge >= 0.3 is 11.9 Å². The molecule has 0 saturated heterocycles. The summed E-state index contributed by atoms with van der Waals surface area (Å²) in [6.07, 6.45) is 0.630. The fourth-order valence-electron chi connectivity index (χ4n) is 3.15. The van der Waals surface area contributed by atoms with E-state index in [9.17, 15) is 29.1 Å². The minimum absolute atomic E-state index is 0.00419. The predicted molar refractivity (Wildman–Crippen MR) is 122 cm³/mol. The fraction of sp³-hybridized carbons (Fsp3) is 0.500. The van der Waals surface area contributed by atoms with Gasteiger partial charge in [0.25, 0.3) is 0 Å². The number of hydrogen-bond acceptors (Lipinski definition) is 7. The Morgan fingerprint density at radius 2 is 1.38 bits per heavy atom. The van der Waals surface area contributed by atoms with Crippen molar-refractivity contribution in [2.24, 2.45) is 11.5 Å². The van der Waals surface area contributed by atoms with Crippen molar-refractivity contribution >= 4 is 29.7 Å². The molecule has 3 unspecified atom stereocenters. The summed E-state index contributed by atoms with van der Waals surface area (Å²) in [5.74, 6) is -4.60. The smallest absolute Gasteiger partial charge is 0.326 e. The molecule has 1 aromatic carbocycles. The molecule has 34 heavy (non-hydrogen) atoms. The summed E-state index contributed by atoms with van der Waals surface area (Å²) < 4.78 is 0. The van der Waals surface area contributed by atoms with Crippen LogP contribution in [0.4, 0.5) is 0 Å². The van der Waals surface area contributed by atoms with Crippen LogP contribution in [0.2, 0.25) is 0 Å². The molecule has 0 radical (unpaired) electrons. The molecule has 0 fully saturated rings. The average molecular weight is 480 g/mol. The molecule has 9 N–H and O–H groups in total. The first-order valence-electron chi connectivity index (χ1n) is 11.0. The molecule has 12 nitrogen and oxygen atoms in total. The monoisotopic (exact) mass is 479 g/mol. The average Bonchev–Trinajstić information content (AvgIpc) is 2.80. The second-order valence-corrected chi connectivity index (χ2v) is 7.69. The van der Waals surface area contributed by atoms with Crippen molar-refractivity contribution in [1.82, 2.24) is 16.0 Å². The van der Waals surface area contributed by atoms with E-state index in [1.807, 2.05) is 0 Å². The van der Waals surface area contributed by atoms with Gasteiger partial charge in [0.1, 0.15) is 18.1 Å². The molecule has 1 rings (SSSR count). The zero-order valence-corrected chi connectivity index (χ0v) is 18.9. The van der Waals surface area contributed by atoms with Crippen LogP contribution in [0.5, 0.6) is 0 Å². The predicted octanol–water partition coefficient (Wildman–Crippen LogP) is -1.28. The van der Waals surface area contributed by atoms with Crippen molar-refractivity contribution in [2.45, 2.75) is 56.7 Å². The maximum Gasteiger partial charge on any atom is 0.326 e. The number of nitrogens with one attached hydrogen (secondary N) is 3. The number of carbonyl (C=O) groups excluding carboxylic acids is 3. The molecule has 3 amide bonds. The van der Waals surface area contributed by atoms with Gasteiger partial charge in [-0.3, -0.25) is 19.2 Å². The van der Waals surface area contributed by atoms with Crippen LogP contribution >= 0.6 is 0 Å². The van der Waals surface area contributed by atoms with E-state index in [4.69, 9.17) is 16.6 Å². The molecule has 0 aromatic heterocycles. The van der Waals surface area contributed by atoms with Gasteiger partial charge in [-0.25, -0.2) is 4.79 Å². The first-order valence-corrected chi connectivity index (χ1v) is 11.0. The summed E-state index contributed by atoms with van der Waals surface area (Å²) in [5, 5.41) is 25.8. The van der Waals surface area contributed by atoms with Gasteiger partial charge in [0, 0.05) is 12.8 Å². The lowest BCUT2D eigenvalue weighted by molar-refractivity contribution is -0.143. The minimum atomic E-state index is -1.33. The van der Waals surface area contributed by atoms with Crippen molar-refractivity contribution in [2.75, 3.05) is 13.1 Å². The number of hydrogen-bond donors (Lipinski definition) is 7. The Morgan fingerprint density at radius 1 is 0.794 bits per heavy atom. The highest BCUT2D eigenvalue weighted by molar-refractivity contribution is 5.93. The van der Waals surface area contributed by atoms with Crippen molar-refractivity contribution in [3.63, 3.8) is 0 Å². The third-order valence-electron chi connectivity index (χ3n) is 4.96. The van der Waals surface area contributed by atoms with Crippen LogP contribution in [-0.4, -0.2) is 71.1 Å². The van der Waals surface area contributed by atoms with E-state index in [1.54, 1.807) is 30.3 Å². The van der Waals surface area contributed by atoms with Crippen LogP contribution in [0.3, 0.4) is 0 Å². The van der Waals surface area contributed by atoms with Crippen LogP contribution in [0.25, 0.3) is 0 Å². The highest BCUT2D eigenvalue weighted by Gasteiger charge is 2.29. The molecule has 0 saturated carbocycles. The van der Waals surface area contributed by atoms with Gasteiger partial charge in [0.05, 0.1) is 6.54 Å². The Morgan fingerprint density at radius 3 is 1.91 bits per heavy atom. The normalized spacial score (nSPS) is 13.2. The Labute approximate surface area is 197 Å². The van der Waals surface area contributed by atoms with Crippen molar-refractivity contribution in [3.05, 3.63) is 35.9 Å². The highest BCUT2D eigenvalue weighted by atomic mass is 16.4. The van der Waals surface area contributed by atoms with Gasteiger partial charge in [-0.15, -0.1) is 0 Å². The maximum absolute atomic E-state index is 12.9. The zero-order chi connectivity index (χ0) is 25.5. The van der Waals surface area contributed by atoms with Crippen molar-refractivity contribution < 1.29 is 34.2 Å². The number of carboxylic acid groups (broad SMARTS) is 2. The van der Waals surface area contributed by atoms with Gasteiger partial charge in [-0.2, -0.15) is 0 Å². The number of aliphatic carboxylic acids is 2. The number of carboxylic acids is 2. The Hall–Kier alpha value is -3.51. The second kappa shape index (κ2) is 15.3. The number of nitrogens with two attached hydrogens (primary N) is 2. The topological polar surface area (TPSA) is 214 Å². The maximum atomic E-state index is 12.9. The zero-order valence-electron chi connectivity index (χ0n) is 18.9. The summed E-state index contributed by atoms with van der Waals surface area (Å²) in [5.41, 5.74) is 11.4. The second-order valence-electron chi connectivity index (χ2n) is 7.69. The largest absolute Gasteiger partial charge is 0.481 e. The minimum Gasteiger partial charge on any atom is -0.481 e. The van der Waals surface area contributed by atoms with E-state index in [1.165, 1.54) is 0 Å². The number of benzene rings is 1. The van der Waals surface area contributed by atoms with Crippen LogP contribution in [0.15, 0.2) is 30.3 Å². The van der Waals surface area contributed by atoms with E-state index in [0.29, 0.717) is 24.9 Å². The van der Waals surface area contributed by atoms with Crippen LogP contribution in [-0.2, 0) is 30.4 Å². The molecule has 0 bridgehead atoms. The molecule has 1 aromatic rings. The summed E-state index contributed by atoms with van der Waals surface area (Å²) in [7, 11) is 0. The van der Waals surface area contributed by atoms with Gasteiger partial charge in [0.2, 0.25) is 17.7 Å². The fourth-order valence-corrected chi connectivity index (χ4v) is 3.15. The molecule has 0 aliphatic carbocycles. The Bertz CT molecular complexity index is 834. The molecule has 188 valence electrons. The van der Waals surface area contributed by atoms with Crippen molar-refractivity contribution in [3.8, 4) is 0 Å². The van der Waals surface area contributed by atoms with Crippen LogP contribution < -0.4 is 27.4 Å². The Balaban J connectivity index is 2.96. The number of amides is 3. The van der Waals surface area contributed by atoms with Crippen molar-refractivity contribution in [1.29, 1.82) is 0 Å². The lowest BCUT2D eigenvalue weighted by Crippen LogP contribution is -2.56. The quantitative estimate of drug-likeness (QED) is 0.140. The molecule has 12 heteroatoms. The van der Waals surface area contributed by atoms with Gasteiger partial charge in [-0.1, -0.05) is 30.3 Å². The molecule has 3 atom stereocenters. The van der Waals surface area contributed by atoms with Gasteiger partial charge < -0.3 is 37.6 Å². The van der Waals surface area contributed by atoms with Crippen LogP contribution in [0, 0.1) is 0 Å². The van der Waals surface area contributed by atoms with E-state index < -0.39 is 54.2 Å². The standard InChI is InChI=1S/C22H33N5O7/c23-11-5-4-8-15(25-18(28)13-24)20(31)26-16(9-10-19(29)30)21(32)27-17(22(33)34)12-14-6-2-1-3-7-14/h1-3,6-7,15-17H,4-5,8-13,23-24H2,(H,25,28)(H,26,31)(H,27,32)(H,29,30)(H,33,34). The third kappa shape index (κ3) is 10.9. The number of rotatable bonds is 16. The molecule has 0 spiro atoms. The number of unbranched alkanes of at least 4 members (excludes halogenated alkanes) is 1. The highest BCUT2D eigenvalue weighted by Crippen LogP contribution is 2.07. The van der Waals surface area contributed by atoms with E-state index in [-0.39, 0.29) is 25.8 Å². The van der Waals surface area contributed by atoms with Crippen LogP contribution in [0.1, 0.15) is 37.7 Å². The van der Waals surface area contributed by atoms with E-state index in [0.717, 1.165) is 0 Å². The lowest BCUT2D eigenvalue weighted by atomic mass is 10.0. The summed E-state index contributed by atoms with van der Waals surface area (Å²) in [4.78, 5) is 60.1. The summed E-state index contributed by atoms with van der Waals surface area (Å²) in [6, 6.07) is 5.00. The van der Waals surface area contributed by atoms with Gasteiger partial charge in [0.15, 0.2) is 0 Å². The number of carbonyl (C=O) groups is 5. The van der Waals surface area contributed by atoms with Gasteiger partial charge in [-0.05, 0) is 37.8 Å². The molecular weight excluding hydrogens is 446 g/mol. The molecule has 0 aliphatic rings.